The number of nitrogens with two attached hydrogens (primary N) is 1. The molecule has 132 valence electrons. The summed E-state index contributed by atoms with van der Waals surface area (Å²) in [6.45, 7) is 1.86. The zero-order chi connectivity index (χ0) is 18.2. The fourth-order valence-corrected chi connectivity index (χ4v) is 2.57. The summed E-state index contributed by atoms with van der Waals surface area (Å²) in [5.74, 6) is 0.354. The number of rotatable bonds is 7. The Morgan fingerprint density at radius 3 is 2.76 bits per heavy atom. The molecule has 0 atom stereocenters. The first-order valence-corrected chi connectivity index (χ1v) is 8.68. The summed E-state index contributed by atoms with van der Waals surface area (Å²) in [5.41, 5.74) is 7.36. The normalized spacial score (nSPS) is 11.1. The highest BCUT2D eigenvalue weighted by Gasteiger charge is 2.07. The third-order valence-corrected chi connectivity index (χ3v) is 4.51. The summed E-state index contributed by atoms with van der Waals surface area (Å²) in [4.78, 5) is 16.0. The first kappa shape index (κ1) is 19.3. The van der Waals surface area contributed by atoms with Crippen molar-refractivity contribution in [2.24, 2.45) is 10.9 Å². The van der Waals surface area contributed by atoms with Gasteiger partial charge in [0.2, 0.25) is 6.79 Å². The van der Waals surface area contributed by atoms with Gasteiger partial charge in [-0.15, -0.1) is 0 Å². The Morgan fingerprint density at radius 2 is 2.04 bits per heavy atom. The van der Waals surface area contributed by atoms with Crippen LogP contribution in [0.5, 0.6) is 5.75 Å². The number of nitrogens with zero attached hydrogens (tertiary/aromatic N) is 1. The van der Waals surface area contributed by atoms with Crippen molar-refractivity contribution in [3.8, 4) is 5.75 Å². The molecule has 0 fully saturated rings. The smallest absolute Gasteiger partial charge is 0.407 e. The molecule has 2 aromatic carbocycles. The summed E-state index contributed by atoms with van der Waals surface area (Å²) in [7, 11) is 0. The molecule has 0 heterocycles. The maximum absolute atomic E-state index is 10.6. The van der Waals surface area contributed by atoms with Crippen molar-refractivity contribution in [3.05, 3.63) is 62.2 Å². The van der Waals surface area contributed by atoms with Crippen LogP contribution in [0.2, 0.25) is 5.02 Å². The maximum atomic E-state index is 10.6. The molecule has 8 heteroatoms. The predicted octanol–water partition coefficient (Wildman–Crippen LogP) is 4.32. The number of carbonyl (C=O) groups excluding carboxylic acids is 1. The second kappa shape index (κ2) is 9.47. The van der Waals surface area contributed by atoms with Crippen LogP contribution >= 0.6 is 34.2 Å². The highest BCUT2D eigenvalue weighted by Crippen LogP contribution is 2.26. The molecule has 0 bridgehead atoms. The monoisotopic (exact) mass is 474 g/mol. The van der Waals surface area contributed by atoms with E-state index in [1.165, 1.54) is 0 Å². The minimum absolute atomic E-state index is 0.322. The minimum atomic E-state index is -0.922. The van der Waals surface area contributed by atoms with E-state index < -0.39 is 6.09 Å². The third-order valence-electron chi connectivity index (χ3n) is 3.14. The second-order valence-corrected chi connectivity index (χ2v) is 6.48. The van der Waals surface area contributed by atoms with Crippen molar-refractivity contribution >= 4 is 46.0 Å². The van der Waals surface area contributed by atoms with Crippen molar-refractivity contribution in [1.82, 2.24) is 0 Å². The zero-order valence-corrected chi connectivity index (χ0v) is 16.3. The molecular formula is C17H16ClIN2O4. The number of amides is 1. The number of hydrogen-bond acceptors (Lipinski definition) is 5. The average Bonchev–Trinajstić information content (AvgIpc) is 2.58. The lowest BCUT2D eigenvalue weighted by Crippen LogP contribution is -2.16. The van der Waals surface area contributed by atoms with Crippen LogP contribution in [-0.2, 0) is 16.2 Å². The van der Waals surface area contributed by atoms with Crippen LogP contribution in [0.15, 0.2) is 47.6 Å². The molecule has 25 heavy (non-hydrogen) atoms. The summed E-state index contributed by atoms with van der Waals surface area (Å²) >= 11 is 8.30. The summed E-state index contributed by atoms with van der Waals surface area (Å²) in [5, 5.41) is 4.50. The van der Waals surface area contributed by atoms with Crippen molar-refractivity contribution < 1.29 is 19.1 Å². The third kappa shape index (κ3) is 6.09. The van der Waals surface area contributed by atoms with Crippen LogP contribution in [0.1, 0.15) is 18.1 Å². The molecule has 2 aromatic rings. The van der Waals surface area contributed by atoms with Crippen molar-refractivity contribution in [2.75, 3.05) is 6.79 Å². The molecule has 0 radical (unpaired) electrons. The van der Waals surface area contributed by atoms with Crippen LogP contribution in [0, 0.1) is 3.57 Å². The van der Waals surface area contributed by atoms with E-state index in [4.69, 9.17) is 26.9 Å². The number of primary amides is 1. The molecule has 0 aliphatic rings. The lowest BCUT2D eigenvalue weighted by molar-refractivity contribution is 0.0658. The molecule has 2 N–H and O–H groups in total. The number of carbonyl (C=O) groups is 1. The largest absolute Gasteiger partial charge is 0.456 e. The zero-order valence-electron chi connectivity index (χ0n) is 13.4. The molecule has 0 unspecified atom stereocenters. The Bertz CT molecular complexity index is 783. The Labute approximate surface area is 164 Å². The van der Waals surface area contributed by atoms with Crippen molar-refractivity contribution in [2.45, 2.75) is 13.5 Å². The highest BCUT2D eigenvalue weighted by atomic mass is 127. The molecule has 0 saturated carbocycles. The van der Waals surface area contributed by atoms with Crippen LogP contribution in [-0.4, -0.2) is 18.6 Å². The predicted molar refractivity (Wildman–Crippen MR) is 104 cm³/mol. The van der Waals surface area contributed by atoms with E-state index in [9.17, 15) is 4.79 Å². The molecule has 0 aromatic heterocycles. The van der Waals surface area contributed by atoms with Crippen LogP contribution in [0.4, 0.5) is 4.79 Å². The average molecular weight is 475 g/mol. The van der Waals surface area contributed by atoms with Gasteiger partial charge in [-0.05, 0) is 47.7 Å². The quantitative estimate of drug-likeness (QED) is 0.280. The minimum Gasteiger partial charge on any atom is -0.456 e. The van der Waals surface area contributed by atoms with Crippen molar-refractivity contribution in [3.63, 3.8) is 0 Å². The van der Waals surface area contributed by atoms with Crippen LogP contribution in [0.3, 0.4) is 0 Å². The van der Waals surface area contributed by atoms with Crippen molar-refractivity contribution in [1.29, 1.82) is 0 Å². The van der Waals surface area contributed by atoms with E-state index in [2.05, 4.69) is 32.5 Å². The molecule has 0 saturated heterocycles. The number of ether oxygens (including phenoxy) is 2. The van der Waals surface area contributed by atoms with Gasteiger partial charge in [-0.1, -0.05) is 41.0 Å². The van der Waals surface area contributed by atoms with Gasteiger partial charge < -0.3 is 20.0 Å². The van der Waals surface area contributed by atoms with Crippen LogP contribution < -0.4 is 10.5 Å². The fourth-order valence-electron chi connectivity index (χ4n) is 1.86. The molecule has 0 aliphatic heterocycles. The SMILES string of the molecule is CC(=NOCc1ccccc1I)c1ccc(Cl)c(OCOC(N)=O)c1. The van der Waals surface area contributed by atoms with Gasteiger partial charge >= 0.3 is 6.09 Å². The van der Waals surface area contributed by atoms with Gasteiger partial charge in [0.1, 0.15) is 12.4 Å². The van der Waals surface area contributed by atoms with E-state index in [1.807, 2.05) is 31.2 Å². The maximum Gasteiger partial charge on any atom is 0.407 e. The van der Waals surface area contributed by atoms with Gasteiger partial charge in [0.15, 0.2) is 0 Å². The topological polar surface area (TPSA) is 83.1 Å². The number of oxime groups is 1. The fraction of sp³-hybridized carbons (Fsp3) is 0.176. The van der Waals surface area contributed by atoms with Gasteiger partial charge in [-0.2, -0.15) is 0 Å². The highest BCUT2D eigenvalue weighted by molar-refractivity contribution is 14.1. The van der Waals surface area contributed by atoms with Crippen LogP contribution in [0.25, 0.3) is 0 Å². The van der Waals surface area contributed by atoms with E-state index in [0.29, 0.717) is 23.1 Å². The molecule has 0 spiro atoms. The molecular weight excluding hydrogens is 459 g/mol. The second-order valence-electron chi connectivity index (χ2n) is 4.91. The van der Waals surface area contributed by atoms with E-state index in [1.54, 1.807) is 18.2 Å². The van der Waals surface area contributed by atoms with Gasteiger partial charge in [-0.25, -0.2) is 4.79 Å². The number of halogens is 2. The van der Waals surface area contributed by atoms with Gasteiger partial charge in [0, 0.05) is 14.7 Å². The van der Waals surface area contributed by atoms with Gasteiger partial charge in [0.25, 0.3) is 0 Å². The Kier molecular flexibility index (Phi) is 7.32. The van der Waals surface area contributed by atoms with E-state index >= 15 is 0 Å². The Hall–Kier alpha value is -2.00. The first-order valence-electron chi connectivity index (χ1n) is 7.22. The number of benzene rings is 2. The molecule has 1 amide bonds. The van der Waals surface area contributed by atoms with E-state index in [-0.39, 0.29) is 6.79 Å². The Balaban J connectivity index is 2.01. The van der Waals surface area contributed by atoms with Gasteiger partial charge in [0.05, 0.1) is 10.7 Å². The molecule has 6 nitrogen and oxygen atoms in total. The summed E-state index contributed by atoms with van der Waals surface area (Å²) in [6, 6.07) is 13.0. The van der Waals surface area contributed by atoms with Gasteiger partial charge in [-0.3, -0.25) is 0 Å². The molecule has 2 rings (SSSR count). The lowest BCUT2D eigenvalue weighted by atomic mass is 10.1. The standard InChI is InChI=1S/C17H16ClIN2O4/c1-11(21-25-9-13-4-2-3-5-15(13)19)12-6-7-14(18)16(8-12)23-10-24-17(20)22/h2-8H,9-10H2,1H3,(H2,20,22). The number of hydrogen-bond donors (Lipinski definition) is 1. The summed E-state index contributed by atoms with van der Waals surface area (Å²) < 4.78 is 10.9. The molecule has 0 aliphatic carbocycles. The lowest BCUT2D eigenvalue weighted by Gasteiger charge is -2.09. The van der Waals surface area contributed by atoms with E-state index in [0.717, 1.165) is 14.7 Å². The Morgan fingerprint density at radius 1 is 1.28 bits per heavy atom. The summed E-state index contributed by atoms with van der Waals surface area (Å²) in [6.07, 6.45) is -0.922. The first-order chi connectivity index (χ1) is 12.0.